The lowest BCUT2D eigenvalue weighted by molar-refractivity contribution is -0.138. The van der Waals surface area contributed by atoms with Gasteiger partial charge in [0.05, 0.1) is 0 Å². The summed E-state index contributed by atoms with van der Waals surface area (Å²) in [6, 6.07) is 0. The lowest BCUT2D eigenvalue weighted by Crippen LogP contribution is -2.34. The van der Waals surface area contributed by atoms with Crippen LogP contribution < -0.4 is 11.1 Å². The highest BCUT2D eigenvalue weighted by Crippen LogP contribution is 2.26. The van der Waals surface area contributed by atoms with E-state index in [9.17, 15) is 24.0 Å². The molecule has 1 saturated heterocycles. The zero-order valence-corrected chi connectivity index (χ0v) is 9.89. The quantitative estimate of drug-likeness (QED) is 0.586. The van der Waals surface area contributed by atoms with Crippen molar-refractivity contribution in [1.82, 2.24) is 10.2 Å². The summed E-state index contributed by atoms with van der Waals surface area (Å²) in [5.74, 6) is -3.19. The van der Waals surface area contributed by atoms with E-state index in [-0.39, 0.29) is 37.0 Å². The summed E-state index contributed by atoms with van der Waals surface area (Å²) in [5, 5.41) is 2.01. The second-order valence-corrected chi connectivity index (χ2v) is 4.20. The van der Waals surface area contributed by atoms with Gasteiger partial charge in [0.15, 0.2) is 0 Å². The van der Waals surface area contributed by atoms with Crippen molar-refractivity contribution in [3.63, 3.8) is 0 Å². The van der Waals surface area contributed by atoms with Crippen LogP contribution in [0.3, 0.4) is 0 Å². The number of imide groups is 2. The van der Waals surface area contributed by atoms with Gasteiger partial charge in [-0.05, 0) is 6.42 Å². The monoisotopic (exact) mass is 265 g/mol. The van der Waals surface area contributed by atoms with Crippen molar-refractivity contribution in [1.29, 1.82) is 0 Å². The Morgan fingerprint density at radius 1 is 1.11 bits per heavy atom. The zero-order chi connectivity index (χ0) is 14.2. The molecule has 100 valence electrons. The lowest BCUT2D eigenvalue weighted by atomic mass is 10.1. The Morgan fingerprint density at radius 2 is 1.68 bits per heavy atom. The highest BCUT2D eigenvalue weighted by atomic mass is 16.2. The Kier molecular flexibility index (Phi) is 3.16. The number of primary amides is 1. The van der Waals surface area contributed by atoms with E-state index in [0.717, 1.165) is 4.90 Å². The Labute approximate surface area is 107 Å². The highest BCUT2D eigenvalue weighted by Gasteiger charge is 2.41. The number of nitrogens with two attached hydrogens (primary N) is 1. The summed E-state index contributed by atoms with van der Waals surface area (Å²) >= 11 is 0. The SMILES string of the molecule is NC(=O)CCC1=C(N2C(=O)CCC2=O)C(=O)NC1=O. The van der Waals surface area contributed by atoms with Crippen LogP contribution in [0.5, 0.6) is 0 Å². The molecule has 0 radical (unpaired) electrons. The van der Waals surface area contributed by atoms with Gasteiger partial charge in [-0.15, -0.1) is 0 Å². The number of carbonyl (C=O) groups excluding carboxylic acids is 5. The van der Waals surface area contributed by atoms with E-state index >= 15 is 0 Å². The number of hydrogen-bond donors (Lipinski definition) is 2. The molecule has 19 heavy (non-hydrogen) atoms. The number of hydrogen-bond acceptors (Lipinski definition) is 5. The average Bonchev–Trinajstić information content (AvgIpc) is 2.77. The van der Waals surface area contributed by atoms with Crippen LogP contribution in [0.15, 0.2) is 11.3 Å². The molecule has 5 amide bonds. The number of nitrogens with one attached hydrogen (secondary N) is 1. The first-order valence-electron chi connectivity index (χ1n) is 5.64. The van der Waals surface area contributed by atoms with Gasteiger partial charge in [-0.3, -0.25) is 29.3 Å². The Hall–Kier alpha value is -2.51. The molecule has 8 nitrogen and oxygen atoms in total. The molecular formula is C11H11N3O5. The first-order valence-corrected chi connectivity index (χ1v) is 5.64. The number of likely N-dealkylation sites (tertiary alicyclic amines) is 1. The minimum absolute atomic E-state index is 0.00685. The van der Waals surface area contributed by atoms with Gasteiger partial charge in [-0.1, -0.05) is 0 Å². The largest absolute Gasteiger partial charge is 0.370 e. The second kappa shape index (κ2) is 4.63. The number of rotatable bonds is 4. The van der Waals surface area contributed by atoms with Crippen LogP contribution in [-0.4, -0.2) is 34.4 Å². The van der Waals surface area contributed by atoms with Gasteiger partial charge >= 0.3 is 0 Å². The topological polar surface area (TPSA) is 127 Å². The van der Waals surface area contributed by atoms with Crippen LogP contribution in [-0.2, 0) is 24.0 Å². The van der Waals surface area contributed by atoms with Crippen molar-refractivity contribution in [2.45, 2.75) is 25.7 Å². The Morgan fingerprint density at radius 3 is 2.21 bits per heavy atom. The van der Waals surface area contributed by atoms with E-state index < -0.39 is 29.5 Å². The fourth-order valence-corrected chi connectivity index (χ4v) is 2.02. The first-order chi connectivity index (χ1) is 8.91. The maximum atomic E-state index is 11.7. The number of nitrogens with zero attached hydrogens (tertiary/aromatic N) is 1. The van der Waals surface area contributed by atoms with Crippen molar-refractivity contribution < 1.29 is 24.0 Å². The third-order valence-corrected chi connectivity index (χ3v) is 2.90. The van der Waals surface area contributed by atoms with E-state index in [1.807, 2.05) is 5.32 Å². The first kappa shape index (κ1) is 12.9. The molecule has 0 aliphatic carbocycles. The zero-order valence-electron chi connectivity index (χ0n) is 9.89. The van der Waals surface area contributed by atoms with Crippen LogP contribution in [0.4, 0.5) is 0 Å². The predicted molar refractivity (Wildman–Crippen MR) is 59.7 cm³/mol. The summed E-state index contributed by atoms with van der Waals surface area (Å²) in [5.41, 5.74) is 4.66. The molecule has 2 aliphatic rings. The third kappa shape index (κ3) is 2.24. The summed E-state index contributed by atoms with van der Waals surface area (Å²) in [7, 11) is 0. The fraction of sp³-hybridized carbons (Fsp3) is 0.364. The maximum Gasteiger partial charge on any atom is 0.275 e. The number of carbonyl (C=O) groups is 5. The van der Waals surface area contributed by atoms with Crippen LogP contribution in [0.2, 0.25) is 0 Å². The summed E-state index contributed by atoms with van der Waals surface area (Å²) in [6.07, 6.45) is -0.213. The molecule has 8 heteroatoms. The molecule has 0 atom stereocenters. The minimum atomic E-state index is -0.798. The summed E-state index contributed by atoms with van der Waals surface area (Å²) in [4.78, 5) is 57.9. The molecule has 0 saturated carbocycles. The molecule has 3 N–H and O–H groups in total. The predicted octanol–water partition coefficient (Wildman–Crippen LogP) is -1.69. The molecular weight excluding hydrogens is 254 g/mol. The van der Waals surface area contributed by atoms with Gasteiger partial charge in [0.25, 0.3) is 11.8 Å². The van der Waals surface area contributed by atoms with E-state index in [4.69, 9.17) is 5.73 Å². The molecule has 0 aromatic rings. The molecule has 2 heterocycles. The van der Waals surface area contributed by atoms with E-state index in [0.29, 0.717) is 0 Å². The standard InChI is InChI=1S/C11H11N3O5/c12-6(15)2-1-5-9(11(19)13-10(5)18)14-7(16)3-4-8(14)17/h1-4H2,(H2,12,15)(H,13,18,19). The van der Waals surface area contributed by atoms with Gasteiger partial charge in [0, 0.05) is 24.8 Å². The van der Waals surface area contributed by atoms with Crippen LogP contribution >= 0.6 is 0 Å². The molecule has 0 bridgehead atoms. The van der Waals surface area contributed by atoms with E-state index in [1.165, 1.54) is 0 Å². The fourth-order valence-electron chi connectivity index (χ4n) is 2.02. The maximum absolute atomic E-state index is 11.7. The third-order valence-electron chi connectivity index (χ3n) is 2.90. The Balaban J connectivity index is 2.38. The molecule has 0 aromatic heterocycles. The summed E-state index contributed by atoms with van der Waals surface area (Å²) < 4.78 is 0. The smallest absolute Gasteiger partial charge is 0.275 e. The van der Waals surface area contributed by atoms with Crippen molar-refractivity contribution in [2.24, 2.45) is 5.73 Å². The van der Waals surface area contributed by atoms with Crippen LogP contribution in [0, 0.1) is 0 Å². The van der Waals surface area contributed by atoms with Gasteiger partial charge in [-0.2, -0.15) is 0 Å². The number of amides is 5. The van der Waals surface area contributed by atoms with Gasteiger partial charge < -0.3 is 5.73 Å². The van der Waals surface area contributed by atoms with Gasteiger partial charge in [0.2, 0.25) is 17.7 Å². The van der Waals surface area contributed by atoms with Crippen LogP contribution in [0.1, 0.15) is 25.7 Å². The molecule has 0 aromatic carbocycles. The van der Waals surface area contributed by atoms with Gasteiger partial charge in [0.1, 0.15) is 5.70 Å². The van der Waals surface area contributed by atoms with E-state index in [2.05, 4.69) is 0 Å². The second-order valence-electron chi connectivity index (χ2n) is 4.20. The van der Waals surface area contributed by atoms with Crippen LogP contribution in [0.25, 0.3) is 0 Å². The molecule has 1 fully saturated rings. The van der Waals surface area contributed by atoms with E-state index in [1.54, 1.807) is 0 Å². The van der Waals surface area contributed by atoms with Crippen molar-refractivity contribution in [2.75, 3.05) is 0 Å². The van der Waals surface area contributed by atoms with Crippen molar-refractivity contribution in [3.05, 3.63) is 11.3 Å². The average molecular weight is 265 g/mol. The molecule has 2 rings (SSSR count). The Bertz CT molecular complexity index is 533. The van der Waals surface area contributed by atoms with Crippen molar-refractivity contribution >= 4 is 29.5 Å². The highest BCUT2D eigenvalue weighted by molar-refractivity contribution is 6.23. The molecule has 0 spiro atoms. The van der Waals surface area contributed by atoms with Crippen molar-refractivity contribution in [3.8, 4) is 0 Å². The normalized spacial score (nSPS) is 19.5. The molecule has 0 unspecified atom stereocenters. The minimum Gasteiger partial charge on any atom is -0.370 e. The van der Waals surface area contributed by atoms with Gasteiger partial charge in [-0.25, -0.2) is 4.90 Å². The lowest BCUT2D eigenvalue weighted by Gasteiger charge is -2.14. The molecule has 2 aliphatic heterocycles. The summed E-state index contributed by atoms with van der Waals surface area (Å²) in [6.45, 7) is 0.